The third-order valence-electron chi connectivity index (χ3n) is 8.98. The van der Waals surface area contributed by atoms with E-state index in [0.717, 1.165) is 0 Å². The zero-order valence-corrected chi connectivity index (χ0v) is 31.6. The average molecular weight is 713 g/mol. The molecule has 1 aromatic carbocycles. The molecule has 0 radical (unpaired) electrons. The monoisotopic (exact) mass is 712 g/mol. The minimum atomic E-state index is -1.22. The van der Waals surface area contributed by atoms with E-state index in [4.69, 9.17) is 4.74 Å². The highest BCUT2D eigenvalue weighted by molar-refractivity contribution is 6.38. The van der Waals surface area contributed by atoms with Gasteiger partial charge in [-0.15, -0.1) is 0 Å². The molecule has 0 spiro atoms. The van der Waals surface area contributed by atoms with E-state index < -0.39 is 77.2 Å². The lowest BCUT2D eigenvalue weighted by molar-refractivity contribution is -0.147. The highest BCUT2D eigenvalue weighted by atomic mass is 16.6. The maximum atomic E-state index is 14.2. The summed E-state index contributed by atoms with van der Waals surface area (Å²) in [5.41, 5.74) is -0.957. The highest BCUT2D eigenvalue weighted by Gasteiger charge is 2.54. The van der Waals surface area contributed by atoms with Crippen molar-refractivity contribution in [1.29, 1.82) is 0 Å². The molecule has 1 aliphatic carbocycles. The fourth-order valence-corrected chi connectivity index (χ4v) is 6.64. The Balaban J connectivity index is 1.74. The maximum Gasteiger partial charge on any atom is 0.408 e. The molecule has 282 valence electrons. The van der Waals surface area contributed by atoms with Crippen LogP contribution in [0.15, 0.2) is 30.3 Å². The summed E-state index contributed by atoms with van der Waals surface area (Å²) in [6.07, 6.45) is 1.41. The van der Waals surface area contributed by atoms with Crippen molar-refractivity contribution < 1.29 is 38.3 Å². The lowest BCUT2D eigenvalue weighted by Gasteiger charge is -2.40. The third kappa shape index (κ3) is 11.0. The zero-order valence-electron chi connectivity index (χ0n) is 31.6. The normalized spacial score (nSPS) is 20.1. The van der Waals surface area contributed by atoms with Gasteiger partial charge in [-0.2, -0.15) is 0 Å². The molecule has 14 nitrogen and oxygen atoms in total. The van der Waals surface area contributed by atoms with Gasteiger partial charge in [0.25, 0.3) is 5.91 Å². The van der Waals surface area contributed by atoms with Gasteiger partial charge in [-0.1, -0.05) is 65.0 Å². The molecule has 3 unspecified atom stereocenters. The fourth-order valence-electron chi connectivity index (χ4n) is 6.64. The quantitative estimate of drug-likeness (QED) is 0.225. The van der Waals surface area contributed by atoms with Gasteiger partial charge in [0.2, 0.25) is 29.4 Å². The summed E-state index contributed by atoms with van der Waals surface area (Å²) in [5.74, 6) is -4.30. The predicted molar refractivity (Wildman–Crippen MR) is 190 cm³/mol. The number of piperidine rings is 1. The Morgan fingerprint density at radius 2 is 1.53 bits per heavy atom. The Morgan fingerprint density at radius 1 is 0.902 bits per heavy atom. The van der Waals surface area contributed by atoms with Crippen LogP contribution in [0, 0.1) is 17.3 Å². The minimum Gasteiger partial charge on any atom is -0.444 e. The number of hydrogen-bond donors (Lipinski definition) is 4. The van der Waals surface area contributed by atoms with Gasteiger partial charge < -0.3 is 35.8 Å². The van der Waals surface area contributed by atoms with Crippen molar-refractivity contribution in [3.05, 3.63) is 35.9 Å². The molecule has 2 bridgehead atoms. The Kier molecular flexibility index (Phi) is 13.4. The van der Waals surface area contributed by atoms with E-state index >= 15 is 0 Å². The first-order chi connectivity index (χ1) is 23.6. The third-order valence-corrected chi connectivity index (χ3v) is 8.98. The van der Waals surface area contributed by atoms with Crippen molar-refractivity contribution in [2.24, 2.45) is 17.3 Å². The number of Topliss-reactive ketones (excluding diaryl/α,β-unsaturated/α-hetero) is 1. The smallest absolute Gasteiger partial charge is 0.408 e. The lowest BCUT2D eigenvalue weighted by atomic mass is 9.85. The van der Waals surface area contributed by atoms with Crippen molar-refractivity contribution in [3.8, 4) is 0 Å². The first-order valence-corrected chi connectivity index (χ1v) is 17.6. The van der Waals surface area contributed by atoms with Crippen molar-refractivity contribution in [3.63, 3.8) is 0 Å². The molecule has 6 amide bonds. The summed E-state index contributed by atoms with van der Waals surface area (Å²) >= 11 is 0. The molecule has 1 heterocycles. The molecule has 1 aliphatic heterocycles. The second-order valence-electron chi connectivity index (χ2n) is 16.2. The molecule has 1 saturated heterocycles. The summed E-state index contributed by atoms with van der Waals surface area (Å²) in [4.78, 5) is 96.0. The number of carbonyl (C=O) groups is 7. The van der Waals surface area contributed by atoms with E-state index in [9.17, 15) is 33.6 Å². The van der Waals surface area contributed by atoms with Crippen LogP contribution in [0.1, 0.15) is 92.7 Å². The summed E-state index contributed by atoms with van der Waals surface area (Å²) in [6.45, 7) is 13.7. The minimum absolute atomic E-state index is 0.0971. The number of benzene rings is 1. The molecule has 1 aromatic rings. The molecule has 0 aromatic heterocycles. The number of alkyl carbamates (subject to hydrolysis) is 1. The predicted octanol–water partition coefficient (Wildman–Crippen LogP) is 2.47. The Hall–Kier alpha value is -4.49. The number of ketones is 1. The van der Waals surface area contributed by atoms with Crippen LogP contribution in [0.4, 0.5) is 4.79 Å². The summed E-state index contributed by atoms with van der Waals surface area (Å²) in [6, 6.07) is 4.29. The van der Waals surface area contributed by atoms with E-state index in [1.54, 1.807) is 65.2 Å². The van der Waals surface area contributed by atoms with Gasteiger partial charge in [0.1, 0.15) is 23.7 Å². The van der Waals surface area contributed by atoms with Crippen molar-refractivity contribution in [2.45, 2.75) is 117 Å². The SMILES string of the molecule is CC(C)CC(NC(=O)[C@@H]1C2CCC(C2)N1C(=O)[C@@H](NC(=O)OC(C)(C)C)C(C)(C)C)C(=O)C(=O)NCC(=O)N[C@@H](C(=O)N(C)C)c1ccccc1. The van der Waals surface area contributed by atoms with Crippen molar-refractivity contribution in [2.75, 3.05) is 20.6 Å². The van der Waals surface area contributed by atoms with Gasteiger partial charge in [0.05, 0.1) is 12.6 Å². The molecule has 4 N–H and O–H groups in total. The number of amides is 6. The Morgan fingerprint density at radius 3 is 2.08 bits per heavy atom. The number of ether oxygens (including phenoxy) is 1. The number of likely N-dealkylation sites (N-methyl/N-ethyl adjacent to an activating group) is 1. The van der Waals surface area contributed by atoms with Gasteiger partial charge in [-0.3, -0.25) is 28.8 Å². The van der Waals surface area contributed by atoms with E-state index in [-0.39, 0.29) is 30.2 Å². The summed E-state index contributed by atoms with van der Waals surface area (Å²) in [7, 11) is 3.12. The fraction of sp³-hybridized carbons (Fsp3) is 0.649. The van der Waals surface area contributed by atoms with Crippen LogP contribution in [-0.4, -0.2) is 102 Å². The number of rotatable bonds is 13. The molecule has 51 heavy (non-hydrogen) atoms. The Labute approximate surface area is 301 Å². The molecular formula is C37H56N6O8. The van der Waals surface area contributed by atoms with Crippen LogP contribution in [0.3, 0.4) is 0 Å². The highest BCUT2D eigenvalue weighted by Crippen LogP contribution is 2.43. The summed E-state index contributed by atoms with van der Waals surface area (Å²) < 4.78 is 5.43. The van der Waals surface area contributed by atoms with Gasteiger partial charge in [-0.05, 0) is 69.3 Å². The van der Waals surface area contributed by atoms with Crippen molar-refractivity contribution in [1.82, 2.24) is 31.1 Å². The first kappa shape index (κ1) is 40.9. The molecule has 14 heteroatoms. The van der Waals surface area contributed by atoms with Gasteiger partial charge >= 0.3 is 6.09 Å². The molecule has 3 rings (SSSR count). The average Bonchev–Trinajstić information content (AvgIpc) is 3.65. The van der Waals surface area contributed by atoms with Crippen LogP contribution in [0.25, 0.3) is 0 Å². The number of hydrogen-bond acceptors (Lipinski definition) is 8. The molecular weight excluding hydrogens is 656 g/mol. The second kappa shape index (κ2) is 16.7. The molecule has 6 atom stereocenters. The standard InChI is InChI=1S/C37H56N6O8/c1-21(2)18-25(29(45)32(47)38-20-26(44)40-27(33(48)42(9)10)22-14-12-11-13-15-22)39-31(46)28-23-16-17-24(19-23)43(28)34(49)30(36(3,4)5)41-35(50)51-37(6,7)8/h11-15,21,23-25,27-28,30H,16-20H2,1-10H3,(H,38,47)(H,39,46)(H,40,44)(H,41,50)/t23?,24?,25?,27-,28+,30-/m1/s1. The van der Waals surface area contributed by atoms with Crippen molar-refractivity contribution >= 4 is 41.4 Å². The number of likely N-dealkylation sites (tertiary alicyclic amines) is 1. The van der Waals surface area contributed by atoms with Gasteiger partial charge in [0.15, 0.2) is 0 Å². The first-order valence-electron chi connectivity index (χ1n) is 17.6. The molecule has 2 fully saturated rings. The van der Waals surface area contributed by atoms with Crippen LogP contribution >= 0.6 is 0 Å². The second-order valence-corrected chi connectivity index (χ2v) is 16.2. The van der Waals surface area contributed by atoms with Gasteiger partial charge in [-0.25, -0.2) is 4.79 Å². The topological polar surface area (TPSA) is 183 Å². The van der Waals surface area contributed by atoms with Crippen LogP contribution in [0.5, 0.6) is 0 Å². The molecule has 2 aliphatic rings. The largest absolute Gasteiger partial charge is 0.444 e. The zero-order chi connectivity index (χ0) is 38.4. The number of nitrogens with one attached hydrogen (secondary N) is 4. The number of carbonyl (C=O) groups excluding carboxylic acids is 7. The number of fused-ring (bicyclic) bond motifs is 2. The van der Waals surface area contributed by atoms with E-state index in [1.807, 2.05) is 34.6 Å². The van der Waals surface area contributed by atoms with E-state index in [0.29, 0.717) is 24.8 Å². The Bertz CT molecular complexity index is 1470. The lowest BCUT2D eigenvalue weighted by Crippen LogP contribution is -2.62. The van der Waals surface area contributed by atoms with E-state index in [2.05, 4.69) is 21.3 Å². The maximum absolute atomic E-state index is 14.2. The van der Waals surface area contributed by atoms with Crippen LogP contribution < -0.4 is 21.3 Å². The van der Waals surface area contributed by atoms with Crippen LogP contribution in [-0.2, 0) is 33.5 Å². The number of nitrogens with zero attached hydrogens (tertiary/aromatic N) is 2. The summed E-state index contributed by atoms with van der Waals surface area (Å²) in [5, 5.41) is 10.4. The van der Waals surface area contributed by atoms with Crippen LogP contribution in [0.2, 0.25) is 0 Å². The van der Waals surface area contributed by atoms with E-state index in [1.165, 1.54) is 9.80 Å². The molecule has 1 saturated carbocycles. The van der Waals surface area contributed by atoms with Gasteiger partial charge in [0, 0.05) is 20.1 Å².